The summed E-state index contributed by atoms with van der Waals surface area (Å²) in [6.07, 6.45) is -4.54. The van der Waals surface area contributed by atoms with Crippen molar-refractivity contribution in [1.82, 2.24) is 0 Å². The second-order valence-electron chi connectivity index (χ2n) is 3.38. The molecular weight excluding hydrogens is 233 g/mol. The van der Waals surface area contributed by atoms with Crippen molar-refractivity contribution in [3.63, 3.8) is 0 Å². The molecule has 0 spiro atoms. The van der Waals surface area contributed by atoms with E-state index in [0.717, 1.165) is 12.1 Å². The second-order valence-corrected chi connectivity index (χ2v) is 3.38. The average molecular weight is 242 g/mol. The number of carbonyl (C=O) groups excluding carboxylic acids is 1. The summed E-state index contributed by atoms with van der Waals surface area (Å²) in [6.45, 7) is 1.31. The van der Waals surface area contributed by atoms with E-state index in [4.69, 9.17) is 5.26 Å². The first-order valence-electron chi connectivity index (χ1n) is 4.73. The van der Waals surface area contributed by atoms with Crippen LogP contribution in [-0.4, -0.2) is 5.91 Å². The number of anilines is 1. The normalized spacial score (nSPS) is 12.6. The van der Waals surface area contributed by atoms with Crippen molar-refractivity contribution in [3.05, 3.63) is 29.8 Å². The quantitative estimate of drug-likeness (QED) is 0.866. The molecule has 6 heteroatoms. The van der Waals surface area contributed by atoms with Gasteiger partial charge in [0.05, 0.1) is 17.3 Å². The number of rotatable bonds is 2. The van der Waals surface area contributed by atoms with E-state index in [2.05, 4.69) is 5.32 Å². The number of nitriles is 1. The Balaban J connectivity index is 3.01. The van der Waals surface area contributed by atoms with Gasteiger partial charge >= 0.3 is 6.18 Å². The molecular formula is C11H9F3N2O. The van der Waals surface area contributed by atoms with Crippen molar-refractivity contribution < 1.29 is 18.0 Å². The fourth-order valence-electron chi connectivity index (χ4n) is 1.14. The van der Waals surface area contributed by atoms with Crippen molar-refractivity contribution in [2.45, 2.75) is 13.1 Å². The zero-order valence-electron chi connectivity index (χ0n) is 8.88. The largest absolute Gasteiger partial charge is 0.418 e. The molecule has 0 aliphatic rings. The van der Waals surface area contributed by atoms with Gasteiger partial charge in [0, 0.05) is 0 Å². The Morgan fingerprint density at radius 3 is 2.53 bits per heavy atom. The van der Waals surface area contributed by atoms with Gasteiger partial charge in [-0.15, -0.1) is 0 Å². The summed E-state index contributed by atoms with van der Waals surface area (Å²) in [4.78, 5) is 11.3. The van der Waals surface area contributed by atoms with Crippen molar-refractivity contribution >= 4 is 11.6 Å². The highest BCUT2D eigenvalue weighted by Crippen LogP contribution is 2.34. The summed E-state index contributed by atoms with van der Waals surface area (Å²) < 4.78 is 37.7. The maximum atomic E-state index is 12.6. The van der Waals surface area contributed by atoms with E-state index in [1.54, 1.807) is 6.07 Å². The highest BCUT2D eigenvalue weighted by atomic mass is 19.4. The van der Waals surface area contributed by atoms with Gasteiger partial charge in [0.2, 0.25) is 5.91 Å². The van der Waals surface area contributed by atoms with Crippen LogP contribution < -0.4 is 5.32 Å². The van der Waals surface area contributed by atoms with Gasteiger partial charge in [0.25, 0.3) is 0 Å². The maximum Gasteiger partial charge on any atom is 0.418 e. The van der Waals surface area contributed by atoms with Gasteiger partial charge in [0.15, 0.2) is 0 Å². The molecule has 1 atom stereocenters. The minimum atomic E-state index is -4.54. The zero-order chi connectivity index (χ0) is 13.1. The van der Waals surface area contributed by atoms with Crippen LogP contribution in [0.3, 0.4) is 0 Å². The predicted octanol–water partition coefficient (Wildman–Crippen LogP) is 2.80. The minimum Gasteiger partial charge on any atom is -0.324 e. The van der Waals surface area contributed by atoms with Crippen molar-refractivity contribution in [1.29, 1.82) is 5.26 Å². The van der Waals surface area contributed by atoms with Crippen LogP contribution in [0, 0.1) is 17.2 Å². The Kier molecular flexibility index (Phi) is 3.73. The summed E-state index contributed by atoms with van der Waals surface area (Å²) >= 11 is 0. The molecule has 0 saturated heterocycles. The first kappa shape index (κ1) is 13.0. The molecule has 1 unspecified atom stereocenters. The fourth-order valence-corrected chi connectivity index (χ4v) is 1.14. The molecule has 0 saturated carbocycles. The minimum absolute atomic E-state index is 0.341. The van der Waals surface area contributed by atoms with E-state index in [-0.39, 0.29) is 5.69 Å². The number of amides is 1. The first-order chi connectivity index (χ1) is 7.86. The zero-order valence-corrected chi connectivity index (χ0v) is 8.88. The molecule has 0 radical (unpaired) electrons. The fraction of sp³-hybridized carbons (Fsp3) is 0.273. The lowest BCUT2D eigenvalue weighted by atomic mass is 10.1. The molecule has 17 heavy (non-hydrogen) atoms. The molecule has 0 aliphatic heterocycles. The summed E-state index contributed by atoms with van der Waals surface area (Å²) in [6, 6.07) is 6.27. The third-order valence-corrected chi connectivity index (χ3v) is 2.08. The molecule has 1 aromatic carbocycles. The van der Waals surface area contributed by atoms with Crippen LogP contribution in [0.5, 0.6) is 0 Å². The molecule has 0 aromatic heterocycles. The molecule has 0 bridgehead atoms. The molecule has 90 valence electrons. The smallest absolute Gasteiger partial charge is 0.324 e. The highest BCUT2D eigenvalue weighted by molar-refractivity contribution is 5.94. The highest BCUT2D eigenvalue weighted by Gasteiger charge is 2.33. The topological polar surface area (TPSA) is 52.9 Å². The van der Waals surface area contributed by atoms with Gasteiger partial charge in [-0.05, 0) is 19.1 Å². The number of nitrogens with zero attached hydrogens (tertiary/aromatic N) is 1. The Labute approximate surface area is 95.9 Å². The Morgan fingerprint density at radius 1 is 1.41 bits per heavy atom. The molecule has 3 nitrogen and oxygen atoms in total. The van der Waals surface area contributed by atoms with Gasteiger partial charge in [-0.2, -0.15) is 18.4 Å². The molecule has 1 amide bonds. The van der Waals surface area contributed by atoms with Crippen LogP contribution in [0.2, 0.25) is 0 Å². The molecule has 1 aromatic rings. The summed E-state index contributed by atoms with van der Waals surface area (Å²) in [5, 5.41) is 10.6. The Hall–Kier alpha value is -2.03. The van der Waals surface area contributed by atoms with E-state index < -0.39 is 23.6 Å². The number of nitrogens with one attached hydrogen (secondary N) is 1. The van der Waals surface area contributed by atoms with E-state index >= 15 is 0 Å². The lowest BCUT2D eigenvalue weighted by molar-refractivity contribution is -0.137. The van der Waals surface area contributed by atoms with Crippen LogP contribution in [0.15, 0.2) is 24.3 Å². The van der Waals surface area contributed by atoms with Crippen LogP contribution in [-0.2, 0) is 11.0 Å². The molecule has 0 heterocycles. The van der Waals surface area contributed by atoms with E-state index in [9.17, 15) is 18.0 Å². The van der Waals surface area contributed by atoms with Crippen molar-refractivity contribution in [2.75, 3.05) is 5.32 Å². The summed E-state index contributed by atoms with van der Waals surface area (Å²) in [5.41, 5.74) is -1.27. The van der Waals surface area contributed by atoms with Gasteiger partial charge in [-0.3, -0.25) is 4.79 Å². The Morgan fingerprint density at radius 2 is 2.00 bits per heavy atom. The average Bonchev–Trinajstić information content (AvgIpc) is 2.27. The van der Waals surface area contributed by atoms with Crippen LogP contribution in [0.1, 0.15) is 12.5 Å². The van der Waals surface area contributed by atoms with Gasteiger partial charge in [0.1, 0.15) is 5.92 Å². The lowest BCUT2D eigenvalue weighted by Crippen LogP contribution is -2.21. The van der Waals surface area contributed by atoms with E-state index in [0.29, 0.717) is 0 Å². The number of hydrogen-bond acceptors (Lipinski definition) is 2. The number of para-hydroxylation sites is 1. The SMILES string of the molecule is CC(C#N)C(=O)Nc1ccccc1C(F)(F)F. The number of halogens is 3. The van der Waals surface area contributed by atoms with Gasteiger partial charge in [-0.1, -0.05) is 12.1 Å². The third-order valence-electron chi connectivity index (χ3n) is 2.08. The third kappa shape index (κ3) is 3.21. The van der Waals surface area contributed by atoms with E-state index in [1.165, 1.54) is 19.1 Å². The first-order valence-corrected chi connectivity index (χ1v) is 4.73. The van der Waals surface area contributed by atoms with E-state index in [1.807, 2.05) is 0 Å². The molecule has 0 aliphatic carbocycles. The van der Waals surface area contributed by atoms with Gasteiger partial charge in [-0.25, -0.2) is 0 Å². The van der Waals surface area contributed by atoms with Crippen LogP contribution in [0.25, 0.3) is 0 Å². The number of hydrogen-bond donors (Lipinski definition) is 1. The lowest BCUT2D eigenvalue weighted by Gasteiger charge is -2.13. The van der Waals surface area contributed by atoms with Crippen molar-refractivity contribution in [3.8, 4) is 6.07 Å². The van der Waals surface area contributed by atoms with Gasteiger partial charge < -0.3 is 5.32 Å². The number of carbonyl (C=O) groups is 1. The molecule has 1 N–H and O–H groups in total. The second kappa shape index (κ2) is 4.87. The van der Waals surface area contributed by atoms with Crippen LogP contribution >= 0.6 is 0 Å². The summed E-state index contributed by atoms with van der Waals surface area (Å²) in [7, 11) is 0. The number of benzene rings is 1. The standard InChI is InChI=1S/C11H9F3N2O/c1-7(6-15)10(17)16-9-5-3-2-4-8(9)11(12,13)14/h2-5,7H,1H3,(H,16,17). The maximum absolute atomic E-state index is 12.6. The van der Waals surface area contributed by atoms with Crippen molar-refractivity contribution in [2.24, 2.45) is 5.92 Å². The predicted molar refractivity (Wildman–Crippen MR) is 54.9 cm³/mol. The molecule has 0 fully saturated rings. The van der Waals surface area contributed by atoms with Crippen LogP contribution in [0.4, 0.5) is 18.9 Å². The Bertz CT molecular complexity index is 463. The number of alkyl halides is 3. The monoisotopic (exact) mass is 242 g/mol. The summed E-state index contributed by atoms with van der Waals surface area (Å²) in [5.74, 6) is -1.76. The molecule has 1 rings (SSSR count).